The summed E-state index contributed by atoms with van der Waals surface area (Å²) in [7, 11) is 1.79. The Bertz CT molecular complexity index is 480. The molecule has 1 aromatic carbocycles. The van der Waals surface area contributed by atoms with Crippen molar-refractivity contribution in [1.82, 2.24) is 10.6 Å². The highest BCUT2D eigenvalue weighted by molar-refractivity contribution is 14.0. The molecule has 0 aromatic heterocycles. The molecule has 0 bridgehead atoms. The number of benzene rings is 1. The lowest BCUT2D eigenvalue weighted by Gasteiger charge is -2.17. The molecule has 5 heteroatoms. The van der Waals surface area contributed by atoms with Crippen molar-refractivity contribution in [3.8, 4) is 5.75 Å². The van der Waals surface area contributed by atoms with Gasteiger partial charge < -0.3 is 15.4 Å². The van der Waals surface area contributed by atoms with Crippen LogP contribution in [0.3, 0.4) is 0 Å². The lowest BCUT2D eigenvalue weighted by atomic mass is 10.2. The molecule has 0 radical (unpaired) electrons. The van der Waals surface area contributed by atoms with Crippen LogP contribution in [0.1, 0.15) is 18.4 Å². The number of hydrogen-bond donors (Lipinski definition) is 2. The van der Waals surface area contributed by atoms with Crippen LogP contribution in [0.25, 0.3) is 0 Å². The van der Waals surface area contributed by atoms with E-state index in [-0.39, 0.29) is 24.0 Å². The maximum atomic E-state index is 5.69. The molecule has 0 spiro atoms. The SMILES string of the molecule is CN=C(NCCOc1cccc(C)c1)NC1CC=CC1.I. The molecular weight excluding hydrogens is 377 g/mol. The molecule has 0 heterocycles. The van der Waals surface area contributed by atoms with Crippen LogP contribution in [0, 0.1) is 6.92 Å². The molecule has 21 heavy (non-hydrogen) atoms. The van der Waals surface area contributed by atoms with E-state index in [1.807, 2.05) is 18.2 Å². The van der Waals surface area contributed by atoms with Gasteiger partial charge in [0.2, 0.25) is 0 Å². The third-order valence-electron chi connectivity index (χ3n) is 3.23. The molecule has 0 unspecified atom stereocenters. The summed E-state index contributed by atoms with van der Waals surface area (Å²) >= 11 is 0. The standard InChI is InChI=1S/C16H23N3O.HI/c1-13-6-5-9-15(12-13)20-11-10-18-16(17-2)19-14-7-3-4-8-14;/h3-6,9,12,14H,7-8,10-11H2,1-2H3,(H2,17,18,19);1H. The number of ether oxygens (including phenoxy) is 1. The highest BCUT2D eigenvalue weighted by atomic mass is 127. The zero-order chi connectivity index (χ0) is 14.2. The number of rotatable bonds is 5. The maximum Gasteiger partial charge on any atom is 0.191 e. The third-order valence-corrected chi connectivity index (χ3v) is 3.23. The van der Waals surface area contributed by atoms with E-state index in [0.717, 1.165) is 31.1 Å². The minimum absolute atomic E-state index is 0. The predicted octanol–water partition coefficient (Wildman–Crippen LogP) is 2.88. The number of aliphatic imine (C=N–C) groups is 1. The minimum atomic E-state index is 0. The first-order valence-corrected chi connectivity index (χ1v) is 7.09. The highest BCUT2D eigenvalue weighted by Crippen LogP contribution is 2.11. The summed E-state index contributed by atoms with van der Waals surface area (Å²) in [6.45, 7) is 3.41. The van der Waals surface area contributed by atoms with Crippen molar-refractivity contribution >= 4 is 29.9 Å². The summed E-state index contributed by atoms with van der Waals surface area (Å²) in [6, 6.07) is 8.55. The van der Waals surface area contributed by atoms with E-state index >= 15 is 0 Å². The van der Waals surface area contributed by atoms with Crippen LogP contribution in [0.5, 0.6) is 5.75 Å². The number of guanidine groups is 1. The Labute approximate surface area is 144 Å². The number of aryl methyl sites for hydroxylation is 1. The molecule has 0 atom stereocenters. The minimum Gasteiger partial charge on any atom is -0.492 e. The molecule has 1 aliphatic rings. The van der Waals surface area contributed by atoms with Gasteiger partial charge in [-0.25, -0.2) is 0 Å². The zero-order valence-corrected chi connectivity index (χ0v) is 15.0. The predicted molar refractivity (Wildman–Crippen MR) is 98.7 cm³/mol. The average Bonchev–Trinajstić information content (AvgIpc) is 2.95. The van der Waals surface area contributed by atoms with E-state index in [4.69, 9.17) is 4.74 Å². The van der Waals surface area contributed by atoms with E-state index in [9.17, 15) is 0 Å². The molecule has 2 N–H and O–H groups in total. The fourth-order valence-electron chi connectivity index (χ4n) is 2.17. The van der Waals surface area contributed by atoms with Crippen molar-refractivity contribution in [2.75, 3.05) is 20.2 Å². The molecule has 0 amide bonds. The second-order valence-electron chi connectivity index (χ2n) is 4.95. The maximum absolute atomic E-state index is 5.69. The zero-order valence-electron chi connectivity index (χ0n) is 12.6. The van der Waals surface area contributed by atoms with Crippen molar-refractivity contribution < 1.29 is 4.74 Å². The van der Waals surface area contributed by atoms with Gasteiger partial charge >= 0.3 is 0 Å². The van der Waals surface area contributed by atoms with Crippen LogP contribution < -0.4 is 15.4 Å². The Morgan fingerprint density at radius 1 is 1.33 bits per heavy atom. The highest BCUT2D eigenvalue weighted by Gasteiger charge is 2.11. The summed E-state index contributed by atoms with van der Waals surface area (Å²) in [5, 5.41) is 6.66. The van der Waals surface area contributed by atoms with Gasteiger partial charge in [-0.2, -0.15) is 0 Å². The smallest absolute Gasteiger partial charge is 0.191 e. The van der Waals surface area contributed by atoms with Crippen molar-refractivity contribution in [1.29, 1.82) is 0 Å². The van der Waals surface area contributed by atoms with Gasteiger partial charge in [0.25, 0.3) is 0 Å². The average molecular weight is 401 g/mol. The van der Waals surface area contributed by atoms with Gasteiger partial charge in [0.1, 0.15) is 12.4 Å². The number of halogens is 1. The van der Waals surface area contributed by atoms with Crippen LogP contribution in [0.15, 0.2) is 41.4 Å². The van der Waals surface area contributed by atoms with Gasteiger partial charge in [-0.1, -0.05) is 24.3 Å². The molecule has 0 saturated carbocycles. The Kier molecular flexibility index (Phi) is 8.19. The van der Waals surface area contributed by atoms with E-state index in [1.165, 1.54) is 5.56 Å². The van der Waals surface area contributed by atoms with Gasteiger partial charge in [0.15, 0.2) is 5.96 Å². The number of hydrogen-bond acceptors (Lipinski definition) is 2. The first kappa shape index (κ1) is 17.8. The van der Waals surface area contributed by atoms with E-state index in [1.54, 1.807) is 7.05 Å². The Hall–Kier alpha value is -1.24. The molecule has 0 fully saturated rings. The number of nitrogens with zero attached hydrogens (tertiary/aromatic N) is 1. The summed E-state index contributed by atoms with van der Waals surface area (Å²) in [5.74, 6) is 1.75. The van der Waals surface area contributed by atoms with Gasteiger partial charge in [-0.3, -0.25) is 4.99 Å². The molecule has 1 aliphatic carbocycles. The summed E-state index contributed by atoms with van der Waals surface area (Å²) in [5.41, 5.74) is 1.21. The molecule has 0 saturated heterocycles. The quantitative estimate of drug-likeness (QED) is 0.262. The van der Waals surface area contributed by atoms with Gasteiger partial charge in [-0.05, 0) is 37.5 Å². The second-order valence-corrected chi connectivity index (χ2v) is 4.95. The van der Waals surface area contributed by atoms with Crippen molar-refractivity contribution in [3.63, 3.8) is 0 Å². The summed E-state index contributed by atoms with van der Waals surface area (Å²) in [4.78, 5) is 4.22. The van der Waals surface area contributed by atoms with Gasteiger partial charge in [0.05, 0.1) is 6.54 Å². The summed E-state index contributed by atoms with van der Waals surface area (Å²) in [6.07, 6.45) is 6.54. The van der Waals surface area contributed by atoms with Crippen LogP contribution in [-0.2, 0) is 0 Å². The Morgan fingerprint density at radius 2 is 2.10 bits per heavy atom. The monoisotopic (exact) mass is 401 g/mol. The normalized spacial score (nSPS) is 14.7. The van der Waals surface area contributed by atoms with Crippen molar-refractivity contribution in [2.45, 2.75) is 25.8 Å². The van der Waals surface area contributed by atoms with E-state index in [2.05, 4.69) is 40.8 Å². The lowest BCUT2D eigenvalue weighted by Crippen LogP contribution is -2.43. The number of nitrogens with one attached hydrogen (secondary N) is 2. The Balaban J connectivity index is 0.00000220. The van der Waals surface area contributed by atoms with Crippen LogP contribution in [-0.4, -0.2) is 32.2 Å². The molecule has 116 valence electrons. The lowest BCUT2D eigenvalue weighted by molar-refractivity contribution is 0.321. The molecule has 1 aromatic rings. The first-order valence-electron chi connectivity index (χ1n) is 7.09. The molecule has 4 nitrogen and oxygen atoms in total. The first-order chi connectivity index (χ1) is 9.78. The van der Waals surface area contributed by atoms with Crippen LogP contribution in [0.4, 0.5) is 0 Å². The molecule has 0 aliphatic heterocycles. The van der Waals surface area contributed by atoms with Crippen molar-refractivity contribution in [2.24, 2.45) is 4.99 Å². The van der Waals surface area contributed by atoms with E-state index in [0.29, 0.717) is 12.6 Å². The topological polar surface area (TPSA) is 45.7 Å². The van der Waals surface area contributed by atoms with Crippen LogP contribution >= 0.6 is 24.0 Å². The summed E-state index contributed by atoms with van der Waals surface area (Å²) < 4.78 is 5.69. The third kappa shape index (κ3) is 6.37. The fourth-order valence-corrected chi connectivity index (χ4v) is 2.17. The second kappa shape index (κ2) is 9.65. The largest absolute Gasteiger partial charge is 0.492 e. The van der Waals surface area contributed by atoms with Gasteiger partial charge in [-0.15, -0.1) is 24.0 Å². The molecule has 2 rings (SSSR count). The Morgan fingerprint density at radius 3 is 2.76 bits per heavy atom. The molecular formula is C16H24IN3O. The van der Waals surface area contributed by atoms with Crippen LogP contribution in [0.2, 0.25) is 0 Å². The van der Waals surface area contributed by atoms with Gasteiger partial charge in [0, 0.05) is 13.1 Å². The van der Waals surface area contributed by atoms with Crippen molar-refractivity contribution in [3.05, 3.63) is 42.0 Å². The van der Waals surface area contributed by atoms with E-state index < -0.39 is 0 Å². The fraction of sp³-hybridized carbons (Fsp3) is 0.438.